The lowest BCUT2D eigenvalue weighted by Crippen LogP contribution is -2.23. The van der Waals surface area contributed by atoms with Crippen LogP contribution in [-0.4, -0.2) is 42.7 Å². The molecule has 0 bridgehead atoms. The second-order valence-electron chi connectivity index (χ2n) is 8.22. The van der Waals surface area contributed by atoms with E-state index in [1.807, 2.05) is 12.1 Å². The number of nitriles is 1. The minimum Gasteiger partial charge on any atom is -0.493 e. The zero-order chi connectivity index (χ0) is 27.9. The van der Waals surface area contributed by atoms with Gasteiger partial charge in [0, 0.05) is 17.1 Å². The van der Waals surface area contributed by atoms with Gasteiger partial charge in [0.2, 0.25) is 0 Å². The van der Waals surface area contributed by atoms with Gasteiger partial charge in [-0.25, -0.2) is 9.79 Å². The molecule has 0 atom stereocenters. The summed E-state index contributed by atoms with van der Waals surface area (Å²) in [4.78, 5) is 31.4. The van der Waals surface area contributed by atoms with Crippen molar-refractivity contribution >= 4 is 56.5 Å². The molecular formula is C29H24BrN3O5S. The number of benzene rings is 3. The number of aliphatic imine (C=N–C) groups is 1. The van der Waals surface area contributed by atoms with Crippen LogP contribution < -0.4 is 9.47 Å². The maximum atomic E-state index is 13.0. The van der Waals surface area contributed by atoms with Crippen molar-refractivity contribution in [3.8, 4) is 17.6 Å². The number of hydrogen-bond acceptors (Lipinski definition) is 8. The fourth-order valence-electron chi connectivity index (χ4n) is 3.63. The fraction of sp³-hybridized carbons (Fsp3) is 0.172. The largest absolute Gasteiger partial charge is 0.493 e. The quantitative estimate of drug-likeness (QED) is 0.219. The molecule has 8 nitrogen and oxygen atoms in total. The van der Waals surface area contributed by atoms with Crippen LogP contribution in [0, 0.1) is 11.3 Å². The molecule has 0 aromatic heterocycles. The van der Waals surface area contributed by atoms with E-state index in [1.165, 1.54) is 23.8 Å². The summed E-state index contributed by atoms with van der Waals surface area (Å²) in [6.07, 6.45) is 1.76. The Bertz CT molecular complexity index is 1510. The van der Waals surface area contributed by atoms with Crippen LogP contribution in [-0.2, 0) is 16.1 Å². The Morgan fingerprint density at radius 3 is 2.59 bits per heavy atom. The Balaban J connectivity index is 1.54. The molecule has 3 aromatic carbocycles. The lowest BCUT2D eigenvalue weighted by molar-refractivity contribution is -0.121. The van der Waals surface area contributed by atoms with E-state index in [0.29, 0.717) is 49.5 Å². The molecule has 0 aliphatic carbocycles. The maximum absolute atomic E-state index is 13.0. The number of carbonyl (C=O) groups excluding carboxylic acids is 2. The van der Waals surface area contributed by atoms with Crippen molar-refractivity contribution in [2.75, 3.05) is 20.8 Å². The van der Waals surface area contributed by atoms with Gasteiger partial charge in [-0.15, -0.1) is 0 Å². The molecule has 0 spiro atoms. The van der Waals surface area contributed by atoms with Crippen LogP contribution in [0.5, 0.6) is 11.5 Å². The fourth-order valence-corrected chi connectivity index (χ4v) is 5.05. The molecule has 1 fully saturated rings. The summed E-state index contributed by atoms with van der Waals surface area (Å²) in [6.45, 7) is 2.26. The minimum atomic E-state index is -0.395. The van der Waals surface area contributed by atoms with Gasteiger partial charge in [0.25, 0.3) is 5.91 Å². The van der Waals surface area contributed by atoms with Crippen LogP contribution in [0.1, 0.15) is 34.0 Å². The van der Waals surface area contributed by atoms with Crippen molar-refractivity contribution in [3.05, 3.63) is 92.3 Å². The van der Waals surface area contributed by atoms with E-state index in [-0.39, 0.29) is 12.5 Å². The van der Waals surface area contributed by atoms with E-state index < -0.39 is 5.97 Å². The highest BCUT2D eigenvalue weighted by Gasteiger charge is 2.30. The summed E-state index contributed by atoms with van der Waals surface area (Å²) < 4.78 is 17.2. The molecule has 198 valence electrons. The molecule has 1 saturated heterocycles. The smallest absolute Gasteiger partial charge is 0.338 e. The molecule has 1 heterocycles. The first-order valence-electron chi connectivity index (χ1n) is 11.9. The first-order valence-corrected chi connectivity index (χ1v) is 13.5. The third-order valence-corrected chi connectivity index (χ3v) is 7.44. The van der Waals surface area contributed by atoms with Crippen LogP contribution >= 0.6 is 27.7 Å². The molecule has 0 saturated carbocycles. The Kier molecular flexibility index (Phi) is 9.07. The Hall–Kier alpha value is -4.07. The number of halogens is 1. The molecule has 1 aliphatic rings. The van der Waals surface area contributed by atoms with Gasteiger partial charge in [0.05, 0.1) is 41.5 Å². The van der Waals surface area contributed by atoms with Crippen molar-refractivity contribution < 1.29 is 23.8 Å². The molecule has 0 unspecified atom stereocenters. The normalized spacial score (nSPS) is 14.9. The molecule has 1 aliphatic heterocycles. The third kappa shape index (κ3) is 6.50. The monoisotopic (exact) mass is 605 g/mol. The van der Waals surface area contributed by atoms with E-state index >= 15 is 0 Å². The summed E-state index contributed by atoms with van der Waals surface area (Å²) in [5.74, 6) is 0.393. The van der Waals surface area contributed by atoms with E-state index in [0.717, 1.165) is 11.1 Å². The highest BCUT2D eigenvalue weighted by molar-refractivity contribution is 9.10. The molecule has 0 N–H and O–H groups in total. The highest BCUT2D eigenvalue weighted by Crippen LogP contribution is 2.38. The van der Waals surface area contributed by atoms with Gasteiger partial charge in [-0.1, -0.05) is 34.1 Å². The lowest BCUT2D eigenvalue weighted by atomic mass is 10.1. The van der Waals surface area contributed by atoms with E-state index in [9.17, 15) is 14.9 Å². The molecule has 0 radical (unpaired) electrons. The van der Waals surface area contributed by atoms with Crippen molar-refractivity contribution in [2.24, 2.45) is 4.99 Å². The molecule has 4 rings (SSSR count). The summed E-state index contributed by atoms with van der Waals surface area (Å²) in [5, 5.41) is 9.83. The number of amides is 1. The number of hydrogen-bond donors (Lipinski definition) is 0. The highest BCUT2D eigenvalue weighted by atomic mass is 79.9. The standard InChI is InChI=1S/C29H24BrN3O5S/c1-4-37-28(35)18-9-11-22(12-10-18)32-29-33(2)27(34)26(39-29)14-21-13-24(36-3)25(15-23(21)30)38-17-20-8-6-5-7-19(20)16-31/h5-15H,4,17H2,1-3H3/b26-14-,32-29?. The van der Waals surface area contributed by atoms with Gasteiger partial charge in [-0.2, -0.15) is 5.26 Å². The Labute approximate surface area is 239 Å². The van der Waals surface area contributed by atoms with Crippen molar-refractivity contribution in [2.45, 2.75) is 13.5 Å². The number of rotatable bonds is 8. The Morgan fingerprint density at radius 2 is 1.90 bits per heavy atom. The number of carbonyl (C=O) groups is 2. The molecule has 39 heavy (non-hydrogen) atoms. The number of methoxy groups -OCH3 is 1. The zero-order valence-electron chi connectivity index (χ0n) is 21.4. The molecular weight excluding hydrogens is 582 g/mol. The topological polar surface area (TPSA) is 101 Å². The summed E-state index contributed by atoms with van der Waals surface area (Å²) >= 11 is 4.82. The number of nitrogens with zero attached hydrogens (tertiary/aromatic N) is 3. The van der Waals surface area contributed by atoms with E-state index in [4.69, 9.17) is 14.2 Å². The lowest BCUT2D eigenvalue weighted by Gasteiger charge is -2.13. The number of thioether (sulfide) groups is 1. The van der Waals surface area contributed by atoms with Gasteiger partial charge in [-0.05, 0) is 72.8 Å². The second-order valence-corrected chi connectivity index (χ2v) is 10.1. The van der Waals surface area contributed by atoms with Gasteiger partial charge in [-0.3, -0.25) is 9.69 Å². The van der Waals surface area contributed by atoms with Gasteiger partial charge in [0.15, 0.2) is 16.7 Å². The van der Waals surface area contributed by atoms with Crippen molar-refractivity contribution in [1.29, 1.82) is 5.26 Å². The maximum Gasteiger partial charge on any atom is 0.338 e. The average Bonchev–Trinajstić information content (AvgIpc) is 3.21. The van der Waals surface area contributed by atoms with Crippen LogP contribution in [0.3, 0.4) is 0 Å². The predicted molar refractivity (Wildman–Crippen MR) is 154 cm³/mol. The second kappa shape index (κ2) is 12.7. The van der Waals surface area contributed by atoms with Crippen LogP contribution in [0.25, 0.3) is 6.08 Å². The number of likely N-dealkylation sites (N-methyl/N-ethyl adjacent to an activating group) is 1. The first kappa shape index (κ1) is 28.0. The SMILES string of the molecule is CCOC(=O)c1ccc(N=C2S/C(=C\c3cc(OC)c(OCc4ccccc4C#N)cc3Br)C(=O)N2C)cc1. The predicted octanol–water partition coefficient (Wildman–Crippen LogP) is 6.32. The van der Waals surface area contributed by atoms with Gasteiger partial charge >= 0.3 is 5.97 Å². The summed E-state index contributed by atoms with van der Waals surface area (Å²) in [5.41, 5.74) is 3.08. The molecule has 3 aromatic rings. The summed E-state index contributed by atoms with van der Waals surface area (Å²) in [7, 11) is 3.20. The molecule has 10 heteroatoms. The number of esters is 1. The Morgan fingerprint density at radius 1 is 1.15 bits per heavy atom. The zero-order valence-corrected chi connectivity index (χ0v) is 23.8. The van der Waals surface area contributed by atoms with Crippen LogP contribution in [0.2, 0.25) is 0 Å². The van der Waals surface area contributed by atoms with Crippen LogP contribution in [0.15, 0.2) is 75.0 Å². The van der Waals surface area contributed by atoms with Gasteiger partial charge < -0.3 is 14.2 Å². The minimum absolute atomic E-state index is 0.193. The number of amidine groups is 1. The average molecular weight is 606 g/mol. The van der Waals surface area contributed by atoms with Crippen LogP contribution in [0.4, 0.5) is 5.69 Å². The van der Waals surface area contributed by atoms with Gasteiger partial charge in [0.1, 0.15) is 6.61 Å². The summed E-state index contributed by atoms with van der Waals surface area (Å²) in [6, 6.07) is 19.6. The van der Waals surface area contributed by atoms with Crippen molar-refractivity contribution in [1.82, 2.24) is 4.90 Å². The first-order chi connectivity index (χ1) is 18.8. The third-order valence-electron chi connectivity index (χ3n) is 5.70. The number of ether oxygens (including phenoxy) is 3. The van der Waals surface area contributed by atoms with E-state index in [2.05, 4.69) is 27.0 Å². The van der Waals surface area contributed by atoms with E-state index in [1.54, 1.807) is 68.6 Å². The van der Waals surface area contributed by atoms with Crippen molar-refractivity contribution in [3.63, 3.8) is 0 Å². The molecule has 1 amide bonds.